The van der Waals surface area contributed by atoms with Crippen molar-refractivity contribution in [2.75, 3.05) is 19.7 Å². The highest BCUT2D eigenvalue weighted by Crippen LogP contribution is 2.24. The number of carbonyl (C=O) groups is 1. The van der Waals surface area contributed by atoms with Crippen molar-refractivity contribution in [3.8, 4) is 0 Å². The van der Waals surface area contributed by atoms with Crippen LogP contribution in [0.4, 0.5) is 0 Å². The van der Waals surface area contributed by atoms with Gasteiger partial charge in [-0.2, -0.15) is 0 Å². The normalized spacial score (nSPS) is 23.0. The summed E-state index contributed by atoms with van der Waals surface area (Å²) in [4.78, 5) is 14.0. The second-order valence-electron chi connectivity index (χ2n) is 5.40. The van der Waals surface area contributed by atoms with Crippen LogP contribution in [-0.4, -0.2) is 46.8 Å². The maximum absolute atomic E-state index is 12.1. The van der Waals surface area contributed by atoms with Crippen LogP contribution in [0.2, 0.25) is 0 Å². The molecule has 1 aliphatic carbocycles. The van der Waals surface area contributed by atoms with Crippen LogP contribution in [-0.2, 0) is 4.79 Å². The summed E-state index contributed by atoms with van der Waals surface area (Å²) in [7, 11) is 0. The van der Waals surface area contributed by atoms with Gasteiger partial charge in [-0.15, -0.1) is 0 Å². The molecule has 0 radical (unpaired) electrons. The summed E-state index contributed by atoms with van der Waals surface area (Å²) in [6.07, 6.45) is 7.12. The number of piperidine rings is 1. The molecular formula is C14H23NO3. The van der Waals surface area contributed by atoms with Gasteiger partial charge in [0.1, 0.15) is 0 Å². The van der Waals surface area contributed by atoms with E-state index >= 15 is 0 Å². The van der Waals surface area contributed by atoms with Crippen molar-refractivity contribution in [2.24, 2.45) is 5.92 Å². The Balaban J connectivity index is 1.76. The van der Waals surface area contributed by atoms with Crippen molar-refractivity contribution < 1.29 is 15.0 Å². The highest BCUT2D eigenvalue weighted by Gasteiger charge is 2.27. The molecule has 18 heavy (non-hydrogen) atoms. The molecule has 0 aromatic rings. The predicted molar refractivity (Wildman–Crippen MR) is 68.9 cm³/mol. The molecule has 4 nitrogen and oxygen atoms in total. The third-order valence-electron chi connectivity index (χ3n) is 4.14. The number of aliphatic hydroxyl groups is 2. The van der Waals surface area contributed by atoms with Crippen molar-refractivity contribution in [1.29, 1.82) is 0 Å². The van der Waals surface area contributed by atoms with Crippen LogP contribution in [0.15, 0.2) is 11.6 Å². The highest BCUT2D eigenvalue weighted by molar-refractivity contribution is 5.78. The molecule has 0 bridgehead atoms. The van der Waals surface area contributed by atoms with Gasteiger partial charge in [0.25, 0.3) is 0 Å². The Morgan fingerprint density at radius 2 is 2.17 bits per heavy atom. The van der Waals surface area contributed by atoms with Crippen LogP contribution in [0.5, 0.6) is 0 Å². The molecule has 2 rings (SSSR count). The van der Waals surface area contributed by atoms with E-state index in [0.29, 0.717) is 19.5 Å². The van der Waals surface area contributed by atoms with Gasteiger partial charge in [0.05, 0.1) is 12.7 Å². The van der Waals surface area contributed by atoms with E-state index in [1.165, 1.54) is 12.0 Å². The number of aliphatic hydroxyl groups excluding tert-OH is 2. The fraction of sp³-hybridized carbons (Fsp3) is 0.786. The van der Waals surface area contributed by atoms with E-state index in [1.807, 2.05) is 4.90 Å². The topological polar surface area (TPSA) is 60.8 Å². The molecule has 1 aliphatic heterocycles. The summed E-state index contributed by atoms with van der Waals surface area (Å²) in [6, 6.07) is 0. The SMILES string of the molecule is O=C(CC1=CCCC1)N1CCC(C(O)CO)CC1. The van der Waals surface area contributed by atoms with E-state index in [2.05, 4.69) is 6.08 Å². The molecule has 2 N–H and O–H groups in total. The molecule has 1 unspecified atom stereocenters. The Morgan fingerprint density at radius 3 is 2.72 bits per heavy atom. The molecule has 4 heteroatoms. The van der Waals surface area contributed by atoms with E-state index in [-0.39, 0.29) is 18.4 Å². The second kappa shape index (κ2) is 6.34. The number of hydrogen-bond donors (Lipinski definition) is 2. The van der Waals surface area contributed by atoms with Gasteiger partial charge in [-0.1, -0.05) is 11.6 Å². The number of likely N-dealkylation sites (tertiary alicyclic amines) is 1. The quantitative estimate of drug-likeness (QED) is 0.737. The second-order valence-corrected chi connectivity index (χ2v) is 5.40. The zero-order valence-corrected chi connectivity index (χ0v) is 10.8. The minimum atomic E-state index is -0.625. The van der Waals surface area contributed by atoms with Crippen LogP contribution in [0.25, 0.3) is 0 Å². The third-order valence-corrected chi connectivity index (χ3v) is 4.14. The first-order valence-electron chi connectivity index (χ1n) is 6.95. The van der Waals surface area contributed by atoms with Gasteiger partial charge in [0, 0.05) is 19.5 Å². The monoisotopic (exact) mass is 253 g/mol. The molecular weight excluding hydrogens is 230 g/mol. The van der Waals surface area contributed by atoms with Crippen molar-refractivity contribution >= 4 is 5.91 Å². The molecule has 1 saturated heterocycles. The molecule has 102 valence electrons. The van der Waals surface area contributed by atoms with Crippen molar-refractivity contribution in [3.63, 3.8) is 0 Å². The summed E-state index contributed by atoms with van der Waals surface area (Å²) in [5.41, 5.74) is 1.29. The maximum atomic E-state index is 12.1. The molecule has 2 aliphatic rings. The summed E-state index contributed by atoms with van der Waals surface area (Å²) in [6.45, 7) is 1.26. The van der Waals surface area contributed by atoms with E-state index < -0.39 is 6.10 Å². The van der Waals surface area contributed by atoms with E-state index in [1.54, 1.807) is 0 Å². The minimum Gasteiger partial charge on any atom is -0.394 e. The summed E-state index contributed by atoms with van der Waals surface area (Å²) in [5.74, 6) is 0.366. The Labute approximate surface area is 108 Å². The minimum absolute atomic E-state index is 0.143. The maximum Gasteiger partial charge on any atom is 0.226 e. The first kappa shape index (κ1) is 13.6. The van der Waals surface area contributed by atoms with Crippen LogP contribution in [0, 0.1) is 5.92 Å². The lowest BCUT2D eigenvalue weighted by Crippen LogP contribution is -2.42. The molecule has 1 heterocycles. The molecule has 0 aromatic carbocycles. The first-order valence-corrected chi connectivity index (χ1v) is 6.95. The Kier molecular flexibility index (Phi) is 4.78. The van der Waals surface area contributed by atoms with E-state index in [4.69, 9.17) is 5.11 Å². The van der Waals surface area contributed by atoms with Gasteiger partial charge in [-0.25, -0.2) is 0 Å². The van der Waals surface area contributed by atoms with Crippen molar-refractivity contribution in [3.05, 3.63) is 11.6 Å². The van der Waals surface area contributed by atoms with E-state index in [9.17, 15) is 9.90 Å². The Morgan fingerprint density at radius 1 is 1.44 bits per heavy atom. The van der Waals surface area contributed by atoms with Gasteiger partial charge in [-0.3, -0.25) is 4.79 Å². The molecule has 0 saturated carbocycles. The van der Waals surface area contributed by atoms with Crippen LogP contribution >= 0.6 is 0 Å². The lowest BCUT2D eigenvalue weighted by Gasteiger charge is -2.34. The number of nitrogens with zero attached hydrogens (tertiary/aromatic N) is 1. The fourth-order valence-electron chi connectivity index (χ4n) is 2.89. The van der Waals surface area contributed by atoms with Gasteiger partial charge in [0.15, 0.2) is 0 Å². The van der Waals surface area contributed by atoms with Gasteiger partial charge >= 0.3 is 0 Å². The molecule has 0 aromatic heterocycles. The van der Waals surface area contributed by atoms with Crippen LogP contribution in [0.1, 0.15) is 38.5 Å². The average Bonchev–Trinajstić information content (AvgIpc) is 2.91. The lowest BCUT2D eigenvalue weighted by atomic mass is 9.91. The lowest BCUT2D eigenvalue weighted by molar-refractivity contribution is -0.132. The van der Waals surface area contributed by atoms with Gasteiger partial charge in [-0.05, 0) is 38.0 Å². The van der Waals surface area contributed by atoms with Gasteiger partial charge < -0.3 is 15.1 Å². The first-order chi connectivity index (χ1) is 8.70. The number of allylic oxidation sites excluding steroid dienone is 1. The van der Waals surface area contributed by atoms with Crippen LogP contribution in [0.3, 0.4) is 0 Å². The smallest absolute Gasteiger partial charge is 0.226 e. The van der Waals surface area contributed by atoms with Crippen LogP contribution < -0.4 is 0 Å². The third kappa shape index (κ3) is 3.33. The Hall–Kier alpha value is -0.870. The molecule has 1 atom stereocenters. The zero-order valence-electron chi connectivity index (χ0n) is 10.8. The predicted octanol–water partition coefficient (Wildman–Crippen LogP) is 1.08. The largest absolute Gasteiger partial charge is 0.394 e. The van der Waals surface area contributed by atoms with Crippen molar-refractivity contribution in [1.82, 2.24) is 4.90 Å². The summed E-state index contributed by atoms with van der Waals surface area (Å²) in [5, 5.41) is 18.5. The average molecular weight is 253 g/mol. The fourth-order valence-corrected chi connectivity index (χ4v) is 2.89. The number of amides is 1. The van der Waals surface area contributed by atoms with Gasteiger partial charge in [0.2, 0.25) is 5.91 Å². The molecule has 1 fully saturated rings. The Bertz CT molecular complexity index is 319. The molecule has 0 spiro atoms. The zero-order chi connectivity index (χ0) is 13.0. The number of rotatable bonds is 4. The highest BCUT2D eigenvalue weighted by atomic mass is 16.3. The summed E-state index contributed by atoms with van der Waals surface area (Å²) < 4.78 is 0. The summed E-state index contributed by atoms with van der Waals surface area (Å²) >= 11 is 0. The van der Waals surface area contributed by atoms with E-state index in [0.717, 1.165) is 25.7 Å². The van der Waals surface area contributed by atoms with Crippen molar-refractivity contribution in [2.45, 2.75) is 44.6 Å². The number of hydrogen-bond acceptors (Lipinski definition) is 3. The standard InChI is InChI=1S/C14H23NO3/c16-10-13(17)12-5-7-15(8-6-12)14(18)9-11-3-1-2-4-11/h3,12-13,16-17H,1-2,4-10H2. The molecule has 1 amide bonds. The number of carbonyl (C=O) groups excluding carboxylic acids is 1.